The van der Waals surface area contributed by atoms with Gasteiger partial charge in [0.05, 0.1) is 12.0 Å². The van der Waals surface area contributed by atoms with E-state index in [0.29, 0.717) is 23.4 Å². The smallest absolute Gasteiger partial charge is 0.293 e. The number of nitrogens with one attached hydrogen (secondary N) is 1. The van der Waals surface area contributed by atoms with E-state index < -0.39 is 11.7 Å². The van der Waals surface area contributed by atoms with E-state index in [9.17, 15) is 18.8 Å². The molecule has 1 heterocycles. The molecule has 0 unspecified atom stereocenters. The predicted molar refractivity (Wildman–Crippen MR) is 121 cm³/mol. The molecule has 0 bridgehead atoms. The van der Waals surface area contributed by atoms with Crippen LogP contribution in [0.3, 0.4) is 0 Å². The molecule has 0 radical (unpaired) electrons. The van der Waals surface area contributed by atoms with Crippen molar-refractivity contribution in [3.8, 4) is 11.5 Å². The number of nitrogens with zero attached hydrogens (tertiary/aromatic N) is 1. The number of thioether (sulfide) groups is 1. The molecule has 0 spiro atoms. The van der Waals surface area contributed by atoms with Gasteiger partial charge < -0.3 is 14.8 Å². The van der Waals surface area contributed by atoms with Crippen molar-refractivity contribution in [2.45, 2.75) is 26.3 Å². The number of carbonyl (C=O) groups excluding carboxylic acids is 3. The van der Waals surface area contributed by atoms with Gasteiger partial charge in [-0.1, -0.05) is 19.1 Å². The first-order valence-electron chi connectivity index (χ1n) is 9.96. The van der Waals surface area contributed by atoms with Crippen LogP contribution in [-0.2, 0) is 9.59 Å². The first-order valence-corrected chi connectivity index (χ1v) is 10.8. The fraction of sp³-hybridized carbons (Fsp3) is 0.261. The summed E-state index contributed by atoms with van der Waals surface area (Å²) < 4.78 is 24.1. The van der Waals surface area contributed by atoms with Gasteiger partial charge in [-0.2, -0.15) is 0 Å². The Balaban J connectivity index is 1.79. The van der Waals surface area contributed by atoms with Crippen molar-refractivity contribution < 1.29 is 28.2 Å². The maximum Gasteiger partial charge on any atom is 0.293 e. The average Bonchev–Trinajstić information content (AvgIpc) is 3.06. The first-order chi connectivity index (χ1) is 15.3. The van der Waals surface area contributed by atoms with E-state index in [0.717, 1.165) is 11.8 Å². The molecule has 3 amide bonds. The second-order valence-electron chi connectivity index (χ2n) is 7.03. The Labute approximate surface area is 189 Å². The van der Waals surface area contributed by atoms with Gasteiger partial charge in [-0.25, -0.2) is 4.39 Å². The minimum atomic E-state index is -0.453. The van der Waals surface area contributed by atoms with Crippen LogP contribution in [0.1, 0.15) is 25.8 Å². The monoisotopic (exact) mass is 458 g/mol. The maximum atomic E-state index is 13.0. The second-order valence-corrected chi connectivity index (χ2v) is 8.02. The number of halogens is 1. The molecule has 2 aromatic carbocycles. The normalized spacial score (nSPS) is 15.8. The standard InChI is InChI=1S/C23H23FN2O5S/c1-4-14(2)26-22(28)19(32-23(26)29)12-15-6-5-7-18(30-3)21(15)31-13-20(27)25-17-10-8-16(24)9-11-17/h5-12,14H,4,13H2,1-3H3,(H,25,27)/b19-12+/t14-/m0/s1. The Morgan fingerprint density at radius 3 is 2.59 bits per heavy atom. The van der Waals surface area contributed by atoms with Crippen LogP contribution in [0.4, 0.5) is 14.9 Å². The zero-order chi connectivity index (χ0) is 23.3. The van der Waals surface area contributed by atoms with E-state index in [1.54, 1.807) is 24.3 Å². The lowest BCUT2D eigenvalue weighted by atomic mass is 10.1. The quantitative estimate of drug-likeness (QED) is 0.578. The molecule has 9 heteroatoms. The molecule has 1 aliphatic rings. The zero-order valence-corrected chi connectivity index (χ0v) is 18.7. The maximum absolute atomic E-state index is 13.0. The minimum absolute atomic E-state index is 0.204. The number of imide groups is 1. The summed E-state index contributed by atoms with van der Waals surface area (Å²) in [6.45, 7) is 3.38. The SMILES string of the molecule is CC[C@H](C)N1C(=O)S/C(=C/c2cccc(OC)c2OCC(=O)Nc2ccc(F)cc2)C1=O. The number of para-hydroxylation sites is 1. The number of anilines is 1. The third-order valence-corrected chi connectivity index (χ3v) is 5.73. The van der Waals surface area contributed by atoms with Crippen molar-refractivity contribution in [1.82, 2.24) is 4.90 Å². The molecule has 1 saturated heterocycles. The Bertz CT molecular complexity index is 1050. The molecule has 0 aromatic heterocycles. The molecular formula is C23H23FN2O5S. The summed E-state index contributed by atoms with van der Waals surface area (Å²) in [5.41, 5.74) is 0.924. The van der Waals surface area contributed by atoms with Crippen LogP contribution in [-0.4, -0.2) is 41.7 Å². The van der Waals surface area contributed by atoms with Crippen LogP contribution in [0.15, 0.2) is 47.4 Å². The van der Waals surface area contributed by atoms with E-state index in [4.69, 9.17) is 9.47 Å². The first kappa shape index (κ1) is 23.3. The van der Waals surface area contributed by atoms with Crippen molar-refractivity contribution >= 4 is 40.6 Å². The fourth-order valence-corrected chi connectivity index (χ4v) is 3.93. The number of amides is 3. The number of methoxy groups -OCH3 is 1. The van der Waals surface area contributed by atoms with Crippen molar-refractivity contribution in [3.05, 3.63) is 58.8 Å². The lowest BCUT2D eigenvalue weighted by Gasteiger charge is -2.19. The number of hydrogen-bond donors (Lipinski definition) is 1. The van der Waals surface area contributed by atoms with Gasteiger partial charge in [-0.05, 0) is 61.5 Å². The summed E-state index contributed by atoms with van der Waals surface area (Å²) >= 11 is 0.862. The number of ether oxygens (including phenoxy) is 2. The molecule has 0 saturated carbocycles. The highest BCUT2D eigenvalue weighted by atomic mass is 32.2. The van der Waals surface area contributed by atoms with Crippen LogP contribution in [0.5, 0.6) is 11.5 Å². The van der Waals surface area contributed by atoms with Gasteiger partial charge in [0.15, 0.2) is 18.1 Å². The Morgan fingerprint density at radius 2 is 1.94 bits per heavy atom. The highest BCUT2D eigenvalue weighted by Gasteiger charge is 2.37. The highest BCUT2D eigenvalue weighted by molar-refractivity contribution is 8.18. The van der Waals surface area contributed by atoms with Gasteiger partial charge in [-0.3, -0.25) is 19.3 Å². The van der Waals surface area contributed by atoms with E-state index in [1.807, 2.05) is 13.8 Å². The third kappa shape index (κ3) is 5.28. The Morgan fingerprint density at radius 1 is 1.22 bits per heavy atom. The van der Waals surface area contributed by atoms with Gasteiger partial charge in [0, 0.05) is 17.3 Å². The number of carbonyl (C=O) groups is 3. The van der Waals surface area contributed by atoms with Crippen LogP contribution in [0.25, 0.3) is 6.08 Å². The zero-order valence-electron chi connectivity index (χ0n) is 17.9. The highest BCUT2D eigenvalue weighted by Crippen LogP contribution is 2.38. The third-order valence-electron chi connectivity index (χ3n) is 4.85. The van der Waals surface area contributed by atoms with Crippen LogP contribution in [0, 0.1) is 5.82 Å². The number of benzene rings is 2. The number of hydrogen-bond acceptors (Lipinski definition) is 6. The Hall–Kier alpha value is -3.33. The van der Waals surface area contributed by atoms with Gasteiger partial charge >= 0.3 is 0 Å². The molecule has 1 atom stereocenters. The van der Waals surface area contributed by atoms with Crippen molar-refractivity contribution in [3.63, 3.8) is 0 Å². The fourth-order valence-electron chi connectivity index (χ4n) is 3.01. The van der Waals surface area contributed by atoms with E-state index in [-0.39, 0.29) is 34.4 Å². The predicted octanol–water partition coefficient (Wildman–Crippen LogP) is 4.69. The van der Waals surface area contributed by atoms with Crippen LogP contribution in [0.2, 0.25) is 0 Å². The van der Waals surface area contributed by atoms with Gasteiger partial charge in [0.25, 0.3) is 17.1 Å². The minimum Gasteiger partial charge on any atom is -0.493 e. The average molecular weight is 459 g/mol. The second kappa shape index (κ2) is 10.3. The molecule has 0 aliphatic carbocycles. The van der Waals surface area contributed by atoms with Crippen molar-refractivity contribution in [2.75, 3.05) is 19.0 Å². The molecule has 7 nitrogen and oxygen atoms in total. The van der Waals surface area contributed by atoms with Gasteiger partial charge in [0.1, 0.15) is 5.82 Å². The number of rotatable bonds is 8. The molecule has 3 rings (SSSR count). The topological polar surface area (TPSA) is 84.9 Å². The van der Waals surface area contributed by atoms with Gasteiger partial charge in [0.2, 0.25) is 0 Å². The summed E-state index contributed by atoms with van der Waals surface area (Å²) in [5.74, 6) is -0.590. The van der Waals surface area contributed by atoms with E-state index in [2.05, 4.69) is 5.32 Å². The van der Waals surface area contributed by atoms with E-state index in [1.165, 1.54) is 36.3 Å². The molecule has 1 N–H and O–H groups in total. The molecule has 2 aromatic rings. The summed E-state index contributed by atoms with van der Waals surface area (Å²) in [5, 5.41) is 2.29. The Kier molecular flexibility index (Phi) is 7.53. The molecule has 1 fully saturated rings. The summed E-state index contributed by atoms with van der Waals surface area (Å²) in [6.07, 6.45) is 2.21. The largest absolute Gasteiger partial charge is 0.493 e. The van der Waals surface area contributed by atoms with Crippen molar-refractivity contribution in [1.29, 1.82) is 0 Å². The van der Waals surface area contributed by atoms with Crippen molar-refractivity contribution in [2.24, 2.45) is 0 Å². The van der Waals surface area contributed by atoms with Crippen LogP contribution >= 0.6 is 11.8 Å². The lowest BCUT2D eigenvalue weighted by molar-refractivity contribution is -0.124. The molecule has 32 heavy (non-hydrogen) atoms. The molecule has 168 valence electrons. The molecule has 1 aliphatic heterocycles. The summed E-state index contributed by atoms with van der Waals surface area (Å²) in [6, 6.07) is 10.2. The molecular weight excluding hydrogens is 435 g/mol. The summed E-state index contributed by atoms with van der Waals surface area (Å²) in [7, 11) is 1.46. The van der Waals surface area contributed by atoms with Crippen LogP contribution < -0.4 is 14.8 Å². The summed E-state index contributed by atoms with van der Waals surface area (Å²) in [4.78, 5) is 38.8. The lowest BCUT2D eigenvalue weighted by Crippen LogP contribution is -2.36. The van der Waals surface area contributed by atoms with E-state index >= 15 is 0 Å². The van der Waals surface area contributed by atoms with Gasteiger partial charge in [-0.15, -0.1) is 0 Å².